The third-order valence-electron chi connectivity index (χ3n) is 7.04. The van der Waals surface area contributed by atoms with Crippen LogP contribution in [0, 0.1) is 0 Å². The molecule has 210 valence electrons. The van der Waals surface area contributed by atoms with E-state index in [0.717, 1.165) is 46.6 Å². The van der Waals surface area contributed by atoms with Gasteiger partial charge in [0.05, 0.1) is 26.1 Å². The van der Waals surface area contributed by atoms with E-state index in [1.54, 1.807) is 30.0 Å². The van der Waals surface area contributed by atoms with Gasteiger partial charge in [0.15, 0.2) is 0 Å². The highest BCUT2D eigenvalue weighted by Gasteiger charge is 2.28. The molecule has 1 aliphatic rings. The lowest BCUT2D eigenvalue weighted by Gasteiger charge is -2.33. The molecule has 0 unspecified atom stereocenters. The van der Waals surface area contributed by atoms with Crippen LogP contribution in [0.2, 0.25) is 0 Å². The number of anilines is 2. The van der Waals surface area contributed by atoms with Crippen molar-refractivity contribution in [1.29, 1.82) is 0 Å². The Morgan fingerprint density at radius 1 is 1.02 bits per heavy atom. The second-order valence-electron chi connectivity index (χ2n) is 10.9. The molecule has 0 spiro atoms. The van der Waals surface area contributed by atoms with Crippen molar-refractivity contribution in [3.05, 3.63) is 54.2 Å². The van der Waals surface area contributed by atoms with Crippen LogP contribution in [0.4, 0.5) is 16.4 Å². The number of carbonyl (C=O) groups is 1. The lowest BCUT2D eigenvalue weighted by Crippen LogP contribution is -2.41. The lowest BCUT2D eigenvalue weighted by molar-refractivity contribution is 0.0205. The number of methoxy groups -OCH3 is 2. The minimum absolute atomic E-state index is 0.248. The number of rotatable bonds is 6. The zero-order valence-electron chi connectivity index (χ0n) is 23.9. The molecule has 2 aromatic heterocycles. The first kappa shape index (κ1) is 27.2. The first-order valence-electron chi connectivity index (χ1n) is 13.4. The first-order chi connectivity index (χ1) is 19.2. The van der Waals surface area contributed by atoms with Crippen LogP contribution in [-0.4, -0.2) is 63.7 Å². The molecule has 1 fully saturated rings. The topological polar surface area (TPSA) is 104 Å². The predicted octanol–water partition coefficient (Wildman–Crippen LogP) is 5.91. The van der Waals surface area contributed by atoms with Crippen molar-refractivity contribution in [3.8, 4) is 22.8 Å². The maximum absolute atomic E-state index is 12.4. The van der Waals surface area contributed by atoms with Crippen LogP contribution in [0.3, 0.4) is 0 Å². The highest BCUT2D eigenvalue weighted by Crippen LogP contribution is 2.36. The van der Waals surface area contributed by atoms with Crippen molar-refractivity contribution in [2.24, 2.45) is 7.05 Å². The monoisotopic (exact) mass is 544 g/mol. The average Bonchev–Trinajstić information content (AvgIpc) is 3.27. The smallest absolute Gasteiger partial charge is 0.410 e. The number of aromatic nitrogens is 4. The van der Waals surface area contributed by atoms with Crippen molar-refractivity contribution in [2.75, 3.05) is 32.6 Å². The minimum Gasteiger partial charge on any atom is -0.496 e. The van der Waals surface area contributed by atoms with Gasteiger partial charge in [-0.05, 0) is 69.4 Å². The van der Waals surface area contributed by atoms with Crippen LogP contribution in [0.15, 0.2) is 48.7 Å². The Labute approximate surface area is 234 Å². The number of hydrogen-bond acceptors (Lipinski definition) is 8. The molecule has 10 nitrogen and oxygen atoms in total. The van der Waals surface area contributed by atoms with Gasteiger partial charge in [-0.1, -0.05) is 18.2 Å². The van der Waals surface area contributed by atoms with E-state index in [4.69, 9.17) is 24.3 Å². The van der Waals surface area contributed by atoms with Crippen LogP contribution in [0.1, 0.15) is 45.1 Å². The molecule has 1 saturated heterocycles. The van der Waals surface area contributed by atoms with Gasteiger partial charge in [-0.3, -0.25) is 4.68 Å². The first-order valence-corrected chi connectivity index (χ1v) is 13.4. The Morgan fingerprint density at radius 2 is 1.75 bits per heavy atom. The molecule has 0 bridgehead atoms. The van der Waals surface area contributed by atoms with E-state index in [2.05, 4.69) is 22.4 Å². The molecule has 5 rings (SSSR count). The van der Waals surface area contributed by atoms with Gasteiger partial charge in [0, 0.05) is 25.7 Å². The zero-order chi connectivity index (χ0) is 28.4. The molecule has 0 aliphatic carbocycles. The number of likely N-dealkylation sites (tertiary alicyclic amines) is 1. The molecule has 10 heteroatoms. The molecule has 1 N–H and O–H groups in total. The molecule has 4 aromatic rings. The van der Waals surface area contributed by atoms with E-state index >= 15 is 0 Å². The van der Waals surface area contributed by atoms with Gasteiger partial charge in [-0.15, -0.1) is 0 Å². The Balaban J connectivity index is 1.35. The molecule has 40 heavy (non-hydrogen) atoms. The van der Waals surface area contributed by atoms with E-state index in [-0.39, 0.29) is 6.09 Å². The molecule has 2 aromatic carbocycles. The quantitative estimate of drug-likeness (QED) is 0.320. The lowest BCUT2D eigenvalue weighted by atomic mass is 9.89. The fraction of sp³-hybridized carbons (Fsp3) is 0.400. The van der Waals surface area contributed by atoms with E-state index < -0.39 is 5.60 Å². The number of fused-ring (bicyclic) bond motifs is 1. The summed E-state index contributed by atoms with van der Waals surface area (Å²) in [5, 5.41) is 8.02. The van der Waals surface area contributed by atoms with Crippen LogP contribution < -0.4 is 14.8 Å². The highest BCUT2D eigenvalue weighted by molar-refractivity contribution is 5.92. The predicted molar refractivity (Wildman–Crippen MR) is 154 cm³/mol. The summed E-state index contributed by atoms with van der Waals surface area (Å²) in [7, 11) is 5.17. The SMILES string of the molecule is COc1cc(C2CCN(C(=O)OC(C)(C)C)CC2)ccc1Nc1ncc2c(n1)c(-c1ccccc1OC)nn2C. The Hall–Kier alpha value is -4.34. The molecule has 0 saturated carbocycles. The summed E-state index contributed by atoms with van der Waals surface area (Å²) in [5.41, 5.74) is 4.56. The van der Waals surface area contributed by atoms with Crippen molar-refractivity contribution >= 4 is 28.8 Å². The number of nitrogens with one attached hydrogen (secondary N) is 1. The molecule has 0 atom stereocenters. The number of nitrogens with zero attached hydrogens (tertiary/aromatic N) is 5. The van der Waals surface area contributed by atoms with E-state index in [1.165, 1.54) is 5.56 Å². The Kier molecular flexibility index (Phi) is 7.51. The third kappa shape index (κ3) is 5.66. The van der Waals surface area contributed by atoms with Crippen LogP contribution in [-0.2, 0) is 11.8 Å². The summed E-state index contributed by atoms with van der Waals surface area (Å²) in [6, 6.07) is 13.9. The summed E-state index contributed by atoms with van der Waals surface area (Å²) in [6.07, 6.45) is 3.24. The van der Waals surface area contributed by atoms with Crippen molar-refractivity contribution in [1.82, 2.24) is 24.6 Å². The van der Waals surface area contributed by atoms with Crippen molar-refractivity contribution < 1.29 is 19.0 Å². The summed E-state index contributed by atoms with van der Waals surface area (Å²) in [4.78, 5) is 23.6. The van der Waals surface area contributed by atoms with Crippen LogP contribution in [0.5, 0.6) is 11.5 Å². The van der Waals surface area contributed by atoms with Gasteiger partial charge in [-0.2, -0.15) is 5.10 Å². The number of amides is 1. The summed E-state index contributed by atoms with van der Waals surface area (Å²) in [6.45, 7) is 6.99. The molecule has 0 radical (unpaired) electrons. The van der Waals surface area contributed by atoms with E-state index in [9.17, 15) is 4.79 Å². The fourth-order valence-electron chi connectivity index (χ4n) is 5.03. The van der Waals surface area contributed by atoms with Crippen LogP contribution in [0.25, 0.3) is 22.3 Å². The highest BCUT2D eigenvalue weighted by atomic mass is 16.6. The van der Waals surface area contributed by atoms with Gasteiger partial charge >= 0.3 is 6.09 Å². The number of ether oxygens (including phenoxy) is 3. The molecular formula is C30H36N6O4. The van der Waals surface area contributed by atoms with Gasteiger partial charge in [0.2, 0.25) is 5.95 Å². The number of aryl methyl sites for hydroxylation is 1. The van der Waals surface area contributed by atoms with Gasteiger partial charge in [-0.25, -0.2) is 14.8 Å². The fourth-order valence-corrected chi connectivity index (χ4v) is 5.03. The van der Waals surface area contributed by atoms with Gasteiger partial charge in [0.25, 0.3) is 0 Å². The van der Waals surface area contributed by atoms with Gasteiger partial charge in [0.1, 0.15) is 33.8 Å². The third-order valence-corrected chi connectivity index (χ3v) is 7.04. The average molecular weight is 545 g/mol. The summed E-state index contributed by atoms with van der Waals surface area (Å²) >= 11 is 0. The zero-order valence-corrected chi connectivity index (χ0v) is 23.9. The summed E-state index contributed by atoms with van der Waals surface area (Å²) < 4.78 is 18.6. The van der Waals surface area contributed by atoms with Crippen LogP contribution >= 0.6 is 0 Å². The molecule has 1 amide bonds. The molecular weight excluding hydrogens is 508 g/mol. The van der Waals surface area contributed by atoms with Crippen molar-refractivity contribution in [2.45, 2.75) is 45.1 Å². The minimum atomic E-state index is -0.495. The van der Waals surface area contributed by atoms with E-state index in [0.29, 0.717) is 30.7 Å². The normalized spacial score (nSPS) is 14.3. The second kappa shape index (κ2) is 11.0. The number of benzene rings is 2. The number of piperidine rings is 1. The van der Waals surface area contributed by atoms with Crippen molar-refractivity contribution in [3.63, 3.8) is 0 Å². The van der Waals surface area contributed by atoms with E-state index in [1.807, 2.05) is 58.2 Å². The Morgan fingerprint density at radius 3 is 2.45 bits per heavy atom. The standard InChI is InChI=1S/C30H36N6O4/c1-30(2,3)40-29(37)36-15-13-19(14-16-36)20-11-12-22(25(17-20)39-6)32-28-31-18-23-27(33-28)26(34-35(23)4)21-9-7-8-10-24(21)38-5/h7-12,17-19H,13-16H2,1-6H3,(H,31,32,33). The second-order valence-corrected chi connectivity index (χ2v) is 10.9. The number of carbonyl (C=O) groups excluding carboxylic acids is 1. The van der Waals surface area contributed by atoms with Gasteiger partial charge < -0.3 is 24.4 Å². The molecule has 1 aliphatic heterocycles. The maximum atomic E-state index is 12.4. The molecule has 3 heterocycles. The number of para-hydroxylation sites is 1. The number of hydrogen-bond donors (Lipinski definition) is 1. The Bertz CT molecular complexity index is 1520. The maximum Gasteiger partial charge on any atom is 0.410 e. The largest absolute Gasteiger partial charge is 0.496 e. The summed E-state index contributed by atoms with van der Waals surface area (Å²) in [5.74, 6) is 2.19.